The van der Waals surface area contributed by atoms with Crippen LogP contribution < -0.4 is 10.2 Å². The Morgan fingerprint density at radius 2 is 1.88 bits per heavy atom. The maximum Gasteiger partial charge on any atom is 0.416 e. The molecule has 0 saturated carbocycles. The minimum absolute atomic E-state index is 0.0560. The van der Waals surface area contributed by atoms with Crippen LogP contribution in [0.25, 0.3) is 11.0 Å². The first-order valence-electron chi connectivity index (χ1n) is 10.9. The zero-order valence-corrected chi connectivity index (χ0v) is 17.8. The van der Waals surface area contributed by atoms with E-state index in [4.69, 9.17) is 4.74 Å². The van der Waals surface area contributed by atoms with Crippen molar-refractivity contribution in [3.8, 4) is 6.07 Å². The van der Waals surface area contributed by atoms with Crippen molar-refractivity contribution in [2.45, 2.75) is 43.2 Å². The topological polar surface area (TPSA) is 94.4 Å². The summed E-state index contributed by atoms with van der Waals surface area (Å²) in [5.74, 6) is 0.0560. The number of carbonyl (C=O) groups is 1. The van der Waals surface area contributed by atoms with E-state index in [9.17, 15) is 23.2 Å². The average Bonchev–Trinajstić information content (AvgIpc) is 2.78. The van der Waals surface area contributed by atoms with Gasteiger partial charge in [-0.05, 0) is 25.0 Å². The first-order chi connectivity index (χ1) is 15.8. The molecule has 1 spiro atoms. The van der Waals surface area contributed by atoms with Crippen molar-refractivity contribution in [3.63, 3.8) is 0 Å². The summed E-state index contributed by atoms with van der Waals surface area (Å²) in [6.45, 7) is 1.67. The van der Waals surface area contributed by atoms with Crippen molar-refractivity contribution < 1.29 is 22.7 Å². The number of likely N-dealkylation sites (tertiary alicyclic amines) is 1. The Morgan fingerprint density at radius 3 is 2.52 bits per heavy atom. The molecule has 0 unspecified atom stereocenters. The van der Waals surface area contributed by atoms with E-state index in [1.165, 1.54) is 12.4 Å². The fourth-order valence-electron chi connectivity index (χ4n) is 5.04. The highest BCUT2D eigenvalue weighted by molar-refractivity contribution is 5.92. The SMILES string of the molecule is N#Cc1ccc(N2C[C@H](CN3CCC4(CC3)CC(=O)N4)O[C@H](C(F)(F)F)C2)c2nccnc12. The summed E-state index contributed by atoms with van der Waals surface area (Å²) in [4.78, 5) is 23.6. The van der Waals surface area contributed by atoms with Crippen LogP contribution in [0.15, 0.2) is 24.5 Å². The van der Waals surface area contributed by atoms with Gasteiger partial charge in [-0.2, -0.15) is 18.4 Å². The second-order valence-electron chi connectivity index (χ2n) is 9.00. The van der Waals surface area contributed by atoms with Gasteiger partial charge in [0, 0.05) is 45.0 Å². The average molecular weight is 460 g/mol. The number of benzene rings is 1. The lowest BCUT2D eigenvalue weighted by molar-refractivity contribution is -0.237. The Bertz CT molecular complexity index is 1100. The van der Waals surface area contributed by atoms with Crippen LogP contribution in [-0.4, -0.2) is 77.4 Å². The molecule has 11 heteroatoms. The van der Waals surface area contributed by atoms with Crippen LogP contribution in [0.3, 0.4) is 0 Å². The summed E-state index contributed by atoms with van der Waals surface area (Å²) in [5.41, 5.74) is 1.47. The van der Waals surface area contributed by atoms with Crippen molar-refractivity contribution in [3.05, 3.63) is 30.1 Å². The van der Waals surface area contributed by atoms with Crippen LogP contribution in [-0.2, 0) is 9.53 Å². The number of anilines is 1. The zero-order valence-electron chi connectivity index (χ0n) is 17.8. The van der Waals surface area contributed by atoms with Gasteiger partial charge < -0.3 is 19.9 Å². The number of nitriles is 1. The van der Waals surface area contributed by atoms with Crippen LogP contribution in [0, 0.1) is 11.3 Å². The molecule has 33 heavy (non-hydrogen) atoms. The molecule has 3 aliphatic rings. The number of hydrogen-bond donors (Lipinski definition) is 1. The number of fused-ring (bicyclic) bond motifs is 1. The Morgan fingerprint density at radius 1 is 1.18 bits per heavy atom. The van der Waals surface area contributed by atoms with Gasteiger partial charge in [-0.3, -0.25) is 14.8 Å². The van der Waals surface area contributed by atoms with Crippen LogP contribution in [0.5, 0.6) is 0 Å². The summed E-state index contributed by atoms with van der Waals surface area (Å²) in [7, 11) is 0. The largest absolute Gasteiger partial charge is 0.416 e. The Kier molecular flexibility index (Phi) is 5.37. The number of halogens is 3. The molecule has 0 bridgehead atoms. The predicted octanol–water partition coefficient (Wildman–Crippen LogP) is 1.99. The van der Waals surface area contributed by atoms with Gasteiger partial charge in [0.05, 0.1) is 29.4 Å². The third-order valence-corrected chi connectivity index (χ3v) is 6.78. The third kappa shape index (κ3) is 4.20. The van der Waals surface area contributed by atoms with Crippen molar-refractivity contribution in [2.75, 3.05) is 37.6 Å². The number of hydrogen-bond acceptors (Lipinski definition) is 7. The van der Waals surface area contributed by atoms with Gasteiger partial charge in [0.15, 0.2) is 6.10 Å². The number of carbonyl (C=O) groups excluding carboxylic acids is 1. The molecule has 0 aliphatic carbocycles. The highest BCUT2D eigenvalue weighted by Crippen LogP contribution is 2.35. The number of aromatic nitrogens is 2. The predicted molar refractivity (Wildman–Crippen MR) is 112 cm³/mol. The van der Waals surface area contributed by atoms with Crippen molar-refractivity contribution in [2.24, 2.45) is 0 Å². The molecule has 5 rings (SSSR count). The second-order valence-corrected chi connectivity index (χ2v) is 9.00. The van der Waals surface area contributed by atoms with Crippen LogP contribution >= 0.6 is 0 Å². The number of piperidine rings is 1. The molecule has 1 aromatic heterocycles. The minimum atomic E-state index is -4.51. The minimum Gasteiger partial charge on any atom is -0.364 e. The fraction of sp³-hybridized carbons (Fsp3) is 0.545. The molecule has 3 saturated heterocycles. The Hall–Kier alpha value is -2.97. The number of nitrogens with one attached hydrogen (secondary N) is 1. The number of alkyl halides is 3. The van der Waals surface area contributed by atoms with Crippen molar-refractivity contribution in [1.82, 2.24) is 20.2 Å². The van der Waals surface area contributed by atoms with Crippen LogP contribution in [0.2, 0.25) is 0 Å². The number of β-lactam (4-membered cyclic amide) rings is 1. The van der Waals surface area contributed by atoms with Gasteiger partial charge in [0.2, 0.25) is 5.91 Å². The lowest BCUT2D eigenvalue weighted by Crippen LogP contribution is -2.65. The molecule has 0 radical (unpaired) electrons. The Balaban J connectivity index is 1.36. The molecular weight excluding hydrogens is 437 g/mol. The van der Waals surface area contributed by atoms with Crippen LogP contribution in [0.1, 0.15) is 24.8 Å². The fourth-order valence-corrected chi connectivity index (χ4v) is 5.04. The first kappa shape index (κ1) is 21.9. The highest BCUT2D eigenvalue weighted by atomic mass is 19.4. The van der Waals surface area contributed by atoms with Crippen molar-refractivity contribution >= 4 is 22.6 Å². The summed E-state index contributed by atoms with van der Waals surface area (Å²) in [5, 5.41) is 12.3. The quantitative estimate of drug-likeness (QED) is 0.700. The normalized spacial score (nSPS) is 25.5. The van der Waals surface area contributed by atoms with E-state index in [0.29, 0.717) is 48.3 Å². The standard InChI is InChI=1S/C22H23F3N6O2/c23-22(24,25)17-13-31(16-2-1-14(10-26)19-20(16)28-6-5-27-19)12-15(33-17)11-30-7-3-21(4-8-30)9-18(32)29-21/h1-2,5-6,15,17H,3-4,7-9,11-13H2,(H,29,32)/t15-,17-/m0/s1. The molecule has 4 heterocycles. The summed E-state index contributed by atoms with van der Waals surface area (Å²) < 4.78 is 46.7. The number of nitrogens with zero attached hydrogens (tertiary/aromatic N) is 5. The zero-order chi connectivity index (χ0) is 23.2. The van der Waals surface area contributed by atoms with Crippen LogP contribution in [0.4, 0.5) is 18.9 Å². The van der Waals surface area contributed by atoms with Gasteiger partial charge in [-0.25, -0.2) is 0 Å². The molecule has 8 nitrogen and oxygen atoms in total. The van der Waals surface area contributed by atoms with Gasteiger partial charge >= 0.3 is 6.18 Å². The molecule has 3 fully saturated rings. The summed E-state index contributed by atoms with van der Waals surface area (Å²) >= 11 is 0. The van der Waals surface area contributed by atoms with E-state index >= 15 is 0 Å². The van der Waals surface area contributed by atoms with Gasteiger partial charge in [-0.1, -0.05) is 0 Å². The maximum absolute atomic E-state index is 13.7. The first-order valence-corrected chi connectivity index (χ1v) is 10.9. The number of amides is 1. The van der Waals surface area contributed by atoms with E-state index in [0.717, 1.165) is 12.8 Å². The van der Waals surface area contributed by atoms with E-state index < -0.39 is 18.4 Å². The molecule has 1 amide bonds. The molecule has 2 atom stereocenters. The Labute approximate surface area is 188 Å². The van der Waals surface area contributed by atoms with E-state index in [1.807, 2.05) is 0 Å². The smallest absolute Gasteiger partial charge is 0.364 e. The molecule has 1 N–H and O–H groups in total. The highest BCUT2D eigenvalue weighted by Gasteiger charge is 2.48. The molecular formula is C22H23F3N6O2. The molecule has 2 aromatic rings. The monoisotopic (exact) mass is 460 g/mol. The maximum atomic E-state index is 13.7. The van der Waals surface area contributed by atoms with Gasteiger partial charge in [0.1, 0.15) is 17.1 Å². The lowest BCUT2D eigenvalue weighted by Gasteiger charge is -2.49. The van der Waals surface area contributed by atoms with E-state index in [1.54, 1.807) is 17.0 Å². The number of rotatable bonds is 3. The number of morpholine rings is 1. The lowest BCUT2D eigenvalue weighted by atomic mass is 9.78. The molecule has 174 valence electrons. The molecule has 3 aliphatic heterocycles. The number of ether oxygens (including phenoxy) is 1. The second kappa shape index (κ2) is 8.11. The van der Waals surface area contributed by atoms with Gasteiger partial charge in [0.25, 0.3) is 0 Å². The van der Waals surface area contributed by atoms with Gasteiger partial charge in [-0.15, -0.1) is 0 Å². The van der Waals surface area contributed by atoms with E-state index in [2.05, 4.69) is 26.3 Å². The molecule has 1 aromatic carbocycles. The summed E-state index contributed by atoms with van der Waals surface area (Å²) in [6.07, 6.45) is -2.07. The van der Waals surface area contributed by atoms with Crippen molar-refractivity contribution in [1.29, 1.82) is 5.26 Å². The summed E-state index contributed by atoms with van der Waals surface area (Å²) in [6, 6.07) is 5.26. The van der Waals surface area contributed by atoms with E-state index in [-0.39, 0.29) is 24.5 Å². The third-order valence-electron chi connectivity index (χ3n) is 6.78.